The van der Waals surface area contributed by atoms with Gasteiger partial charge < -0.3 is 4.42 Å². The van der Waals surface area contributed by atoms with Crippen LogP contribution in [0.2, 0.25) is 5.02 Å². The van der Waals surface area contributed by atoms with Gasteiger partial charge in [-0.3, -0.25) is 0 Å². The molecule has 0 saturated carbocycles. The van der Waals surface area contributed by atoms with E-state index in [-0.39, 0.29) is 0 Å². The standard InChI is InChI=1S/C18H11ClO/c19-13-10-8-12(9-11-13)14-5-3-7-17-18(14)15-4-1-2-6-16(15)20-17/h1-11H. The molecule has 0 spiro atoms. The molecule has 0 fully saturated rings. The number of benzene rings is 3. The summed E-state index contributed by atoms with van der Waals surface area (Å²) in [6.45, 7) is 0. The molecule has 1 heterocycles. The number of hydrogen-bond acceptors (Lipinski definition) is 1. The SMILES string of the molecule is Clc1ccc(-c2cccc3oc4ccccc4c23)cc1. The normalized spacial score (nSPS) is 11.2. The molecule has 1 aromatic heterocycles. The number of rotatable bonds is 1. The summed E-state index contributed by atoms with van der Waals surface area (Å²) in [4.78, 5) is 0. The molecule has 0 amide bonds. The minimum absolute atomic E-state index is 0.748. The van der Waals surface area contributed by atoms with Crippen LogP contribution in [-0.4, -0.2) is 0 Å². The number of para-hydroxylation sites is 1. The van der Waals surface area contributed by atoms with Gasteiger partial charge in [0.05, 0.1) is 0 Å². The second kappa shape index (κ2) is 4.39. The predicted octanol–water partition coefficient (Wildman–Crippen LogP) is 5.91. The molecule has 0 N–H and O–H groups in total. The van der Waals surface area contributed by atoms with E-state index in [1.165, 1.54) is 5.56 Å². The summed E-state index contributed by atoms with van der Waals surface area (Å²) in [5, 5.41) is 3.05. The van der Waals surface area contributed by atoms with E-state index in [1.807, 2.05) is 54.6 Å². The fourth-order valence-corrected chi connectivity index (χ4v) is 2.77. The van der Waals surface area contributed by atoms with Gasteiger partial charge in [0.15, 0.2) is 0 Å². The highest BCUT2D eigenvalue weighted by atomic mass is 35.5. The lowest BCUT2D eigenvalue weighted by Crippen LogP contribution is -1.79. The minimum atomic E-state index is 0.748. The largest absolute Gasteiger partial charge is 0.456 e. The molecule has 0 bridgehead atoms. The van der Waals surface area contributed by atoms with Crippen molar-refractivity contribution in [2.45, 2.75) is 0 Å². The van der Waals surface area contributed by atoms with Crippen LogP contribution in [-0.2, 0) is 0 Å². The van der Waals surface area contributed by atoms with Crippen LogP contribution in [0.25, 0.3) is 33.1 Å². The average Bonchev–Trinajstić information content (AvgIpc) is 2.86. The summed E-state index contributed by atoms with van der Waals surface area (Å²) in [5.41, 5.74) is 4.15. The quantitative estimate of drug-likeness (QED) is 0.422. The highest BCUT2D eigenvalue weighted by Crippen LogP contribution is 2.36. The Bertz CT molecular complexity index is 904. The van der Waals surface area contributed by atoms with E-state index in [2.05, 4.69) is 12.1 Å². The summed E-state index contributed by atoms with van der Waals surface area (Å²) < 4.78 is 5.91. The molecule has 4 rings (SSSR count). The molecule has 0 atom stereocenters. The highest BCUT2D eigenvalue weighted by Gasteiger charge is 2.11. The van der Waals surface area contributed by atoms with Crippen LogP contribution in [0.5, 0.6) is 0 Å². The smallest absolute Gasteiger partial charge is 0.136 e. The summed E-state index contributed by atoms with van der Waals surface area (Å²) >= 11 is 5.97. The van der Waals surface area contributed by atoms with Gasteiger partial charge in [0.2, 0.25) is 0 Å². The van der Waals surface area contributed by atoms with Gasteiger partial charge in [0, 0.05) is 15.8 Å². The van der Waals surface area contributed by atoms with Crippen molar-refractivity contribution in [2.75, 3.05) is 0 Å². The molecular weight excluding hydrogens is 268 g/mol. The summed E-state index contributed by atoms with van der Waals surface area (Å²) in [5.74, 6) is 0. The molecule has 4 aromatic rings. The maximum absolute atomic E-state index is 5.97. The topological polar surface area (TPSA) is 13.1 Å². The molecule has 1 nitrogen and oxygen atoms in total. The summed E-state index contributed by atoms with van der Waals surface area (Å²) in [7, 11) is 0. The number of hydrogen-bond donors (Lipinski definition) is 0. The zero-order valence-electron chi connectivity index (χ0n) is 10.6. The van der Waals surface area contributed by atoms with Crippen molar-refractivity contribution in [1.82, 2.24) is 0 Å². The van der Waals surface area contributed by atoms with E-state index in [9.17, 15) is 0 Å². The van der Waals surface area contributed by atoms with E-state index in [4.69, 9.17) is 16.0 Å². The van der Waals surface area contributed by atoms with Crippen molar-refractivity contribution in [3.63, 3.8) is 0 Å². The minimum Gasteiger partial charge on any atom is -0.456 e. The van der Waals surface area contributed by atoms with Crippen LogP contribution in [0.15, 0.2) is 71.1 Å². The van der Waals surface area contributed by atoms with E-state index >= 15 is 0 Å². The van der Waals surface area contributed by atoms with Gasteiger partial charge in [0.25, 0.3) is 0 Å². The van der Waals surface area contributed by atoms with E-state index in [1.54, 1.807) is 0 Å². The molecule has 0 unspecified atom stereocenters. The average molecular weight is 279 g/mol. The highest BCUT2D eigenvalue weighted by molar-refractivity contribution is 6.30. The third-order valence-electron chi connectivity index (χ3n) is 3.56. The Morgan fingerprint density at radius 2 is 1.45 bits per heavy atom. The van der Waals surface area contributed by atoms with Crippen molar-refractivity contribution in [2.24, 2.45) is 0 Å². The number of fused-ring (bicyclic) bond motifs is 3. The Balaban J connectivity index is 2.11. The van der Waals surface area contributed by atoms with Crippen molar-refractivity contribution in [1.29, 1.82) is 0 Å². The van der Waals surface area contributed by atoms with Gasteiger partial charge in [-0.1, -0.05) is 54.1 Å². The Hall–Kier alpha value is -2.25. The van der Waals surface area contributed by atoms with Gasteiger partial charge >= 0.3 is 0 Å². The van der Waals surface area contributed by atoms with Crippen molar-refractivity contribution in [3.05, 3.63) is 71.8 Å². The first kappa shape index (κ1) is 11.6. The Kier molecular flexibility index (Phi) is 2.54. The molecule has 20 heavy (non-hydrogen) atoms. The van der Waals surface area contributed by atoms with Gasteiger partial charge in [-0.2, -0.15) is 0 Å². The first-order valence-corrected chi connectivity index (χ1v) is 6.87. The Morgan fingerprint density at radius 3 is 2.30 bits per heavy atom. The monoisotopic (exact) mass is 278 g/mol. The molecule has 0 aliphatic carbocycles. The Labute approximate surface area is 121 Å². The zero-order valence-corrected chi connectivity index (χ0v) is 11.4. The first-order valence-electron chi connectivity index (χ1n) is 6.49. The fraction of sp³-hybridized carbons (Fsp3) is 0. The number of furan rings is 1. The van der Waals surface area contributed by atoms with Crippen molar-refractivity contribution < 1.29 is 4.42 Å². The predicted molar refractivity (Wildman–Crippen MR) is 84.2 cm³/mol. The molecule has 0 saturated heterocycles. The second-order valence-electron chi connectivity index (χ2n) is 4.78. The molecule has 0 aliphatic rings. The molecule has 3 aromatic carbocycles. The van der Waals surface area contributed by atoms with Gasteiger partial charge in [-0.05, 0) is 35.4 Å². The lowest BCUT2D eigenvalue weighted by molar-refractivity contribution is 0.669. The molecular formula is C18H11ClO. The van der Waals surface area contributed by atoms with Crippen LogP contribution in [0.1, 0.15) is 0 Å². The lowest BCUT2D eigenvalue weighted by atomic mass is 10.00. The summed E-state index contributed by atoms with van der Waals surface area (Å²) in [6, 6.07) is 22.2. The maximum Gasteiger partial charge on any atom is 0.136 e. The van der Waals surface area contributed by atoms with Crippen LogP contribution < -0.4 is 0 Å². The first-order chi connectivity index (χ1) is 9.83. The zero-order chi connectivity index (χ0) is 13.5. The fourth-order valence-electron chi connectivity index (χ4n) is 2.64. The van der Waals surface area contributed by atoms with Gasteiger partial charge in [0.1, 0.15) is 11.2 Å². The number of halogens is 1. The second-order valence-corrected chi connectivity index (χ2v) is 5.22. The maximum atomic E-state index is 5.97. The van der Waals surface area contributed by atoms with Gasteiger partial charge in [-0.15, -0.1) is 0 Å². The molecule has 0 aliphatic heterocycles. The molecule has 0 radical (unpaired) electrons. The Morgan fingerprint density at radius 1 is 0.700 bits per heavy atom. The van der Waals surface area contributed by atoms with Crippen molar-refractivity contribution >= 4 is 33.5 Å². The lowest BCUT2D eigenvalue weighted by Gasteiger charge is -2.03. The van der Waals surface area contributed by atoms with E-state index < -0.39 is 0 Å². The van der Waals surface area contributed by atoms with Crippen LogP contribution in [0.3, 0.4) is 0 Å². The van der Waals surface area contributed by atoms with E-state index in [0.717, 1.165) is 32.5 Å². The third kappa shape index (κ3) is 1.71. The molecule has 96 valence electrons. The van der Waals surface area contributed by atoms with Crippen molar-refractivity contribution in [3.8, 4) is 11.1 Å². The van der Waals surface area contributed by atoms with Crippen LogP contribution >= 0.6 is 11.6 Å². The van der Waals surface area contributed by atoms with Gasteiger partial charge in [-0.25, -0.2) is 0 Å². The molecule has 2 heteroatoms. The van der Waals surface area contributed by atoms with Crippen LogP contribution in [0.4, 0.5) is 0 Å². The van der Waals surface area contributed by atoms with E-state index in [0.29, 0.717) is 0 Å². The van der Waals surface area contributed by atoms with Crippen LogP contribution in [0, 0.1) is 0 Å². The third-order valence-corrected chi connectivity index (χ3v) is 3.81. The summed E-state index contributed by atoms with van der Waals surface area (Å²) in [6.07, 6.45) is 0.